The van der Waals surface area contributed by atoms with Gasteiger partial charge in [0.05, 0.1) is 10.7 Å². The summed E-state index contributed by atoms with van der Waals surface area (Å²) in [5, 5.41) is 3.95. The van der Waals surface area contributed by atoms with Crippen molar-refractivity contribution in [1.29, 1.82) is 0 Å². The van der Waals surface area contributed by atoms with Gasteiger partial charge in [0, 0.05) is 23.1 Å². The van der Waals surface area contributed by atoms with Gasteiger partial charge in [-0.3, -0.25) is 0 Å². The Morgan fingerprint density at radius 3 is 2.57 bits per heavy atom. The summed E-state index contributed by atoms with van der Waals surface area (Å²) < 4.78 is 6.78. The number of nitrogens with one attached hydrogen (secondary N) is 1. The van der Waals surface area contributed by atoms with Crippen LogP contribution in [-0.2, 0) is 13.2 Å². The van der Waals surface area contributed by atoms with Crippen LogP contribution in [0.1, 0.15) is 25.1 Å². The monoisotopic (exact) mass is 368 g/mol. The first-order chi connectivity index (χ1) is 10.0. The third-order valence-corrected chi connectivity index (χ3v) is 3.74. The van der Waals surface area contributed by atoms with Gasteiger partial charge in [0.25, 0.3) is 0 Å². The number of aromatic nitrogens is 1. The van der Waals surface area contributed by atoms with Crippen LogP contribution in [0.2, 0.25) is 5.02 Å². The maximum absolute atomic E-state index is 6.15. The molecule has 1 N–H and O–H groups in total. The number of nitrogens with zero attached hydrogens (tertiary/aromatic N) is 1. The Morgan fingerprint density at radius 2 is 1.90 bits per heavy atom. The van der Waals surface area contributed by atoms with Gasteiger partial charge < -0.3 is 10.1 Å². The molecular weight excluding hydrogens is 352 g/mol. The number of rotatable bonds is 6. The molecule has 0 spiro atoms. The predicted octanol–water partition coefficient (Wildman–Crippen LogP) is 4.57. The van der Waals surface area contributed by atoms with Crippen molar-refractivity contribution in [2.75, 3.05) is 0 Å². The topological polar surface area (TPSA) is 34.2 Å². The summed E-state index contributed by atoms with van der Waals surface area (Å²) in [6, 6.07) is 12.0. The summed E-state index contributed by atoms with van der Waals surface area (Å²) in [6.07, 6.45) is 0. The summed E-state index contributed by atoms with van der Waals surface area (Å²) in [7, 11) is 0. The Balaban J connectivity index is 1.99. The molecule has 0 saturated carbocycles. The first kappa shape index (κ1) is 16.3. The van der Waals surface area contributed by atoms with Crippen LogP contribution in [0, 0.1) is 0 Å². The lowest BCUT2D eigenvalue weighted by molar-refractivity contribution is 0.292. The summed E-state index contributed by atoms with van der Waals surface area (Å²) in [6.45, 7) is 5.29. The van der Waals surface area contributed by atoms with Gasteiger partial charge in [0.15, 0.2) is 0 Å². The zero-order chi connectivity index (χ0) is 15.2. The van der Waals surface area contributed by atoms with Crippen LogP contribution < -0.4 is 10.1 Å². The second-order valence-corrected chi connectivity index (χ2v) is 6.35. The molecule has 2 aromatic rings. The molecule has 1 aromatic heterocycles. The van der Waals surface area contributed by atoms with Gasteiger partial charge in [-0.15, -0.1) is 0 Å². The third-order valence-electron chi connectivity index (χ3n) is 2.87. The SMILES string of the molecule is CC(C)NCc1nc(OCc2ccc(Br)cc2)ccc1Cl. The van der Waals surface area contributed by atoms with E-state index in [1.165, 1.54) is 0 Å². The van der Waals surface area contributed by atoms with Gasteiger partial charge >= 0.3 is 0 Å². The Kier molecular flexibility index (Phi) is 6.03. The first-order valence-electron chi connectivity index (χ1n) is 6.80. The molecule has 1 aromatic carbocycles. The lowest BCUT2D eigenvalue weighted by atomic mass is 10.2. The van der Waals surface area contributed by atoms with Crippen LogP contribution in [0.4, 0.5) is 0 Å². The number of hydrogen-bond donors (Lipinski definition) is 1. The van der Waals surface area contributed by atoms with Crippen molar-refractivity contribution < 1.29 is 4.74 Å². The zero-order valence-electron chi connectivity index (χ0n) is 12.1. The van der Waals surface area contributed by atoms with E-state index in [0.29, 0.717) is 30.1 Å². The Morgan fingerprint density at radius 1 is 1.19 bits per heavy atom. The summed E-state index contributed by atoms with van der Waals surface area (Å²) >= 11 is 9.56. The van der Waals surface area contributed by atoms with E-state index in [2.05, 4.69) is 40.1 Å². The summed E-state index contributed by atoms with van der Waals surface area (Å²) in [5.74, 6) is 0.586. The maximum atomic E-state index is 6.15. The van der Waals surface area contributed by atoms with E-state index < -0.39 is 0 Å². The highest BCUT2D eigenvalue weighted by Gasteiger charge is 2.06. The fraction of sp³-hybridized carbons (Fsp3) is 0.312. The lowest BCUT2D eigenvalue weighted by Crippen LogP contribution is -2.22. The van der Waals surface area contributed by atoms with E-state index in [4.69, 9.17) is 16.3 Å². The van der Waals surface area contributed by atoms with Crippen LogP contribution in [-0.4, -0.2) is 11.0 Å². The fourth-order valence-corrected chi connectivity index (χ4v) is 2.14. The van der Waals surface area contributed by atoms with Crippen molar-refractivity contribution in [3.05, 3.63) is 57.2 Å². The van der Waals surface area contributed by atoms with Crippen LogP contribution in [0.15, 0.2) is 40.9 Å². The average Bonchev–Trinajstić information content (AvgIpc) is 2.46. The molecule has 0 aliphatic rings. The molecule has 0 bridgehead atoms. The van der Waals surface area contributed by atoms with Gasteiger partial charge in [0.2, 0.25) is 5.88 Å². The molecule has 0 unspecified atom stereocenters. The Bertz CT molecular complexity index is 587. The van der Waals surface area contributed by atoms with Crippen molar-refractivity contribution in [1.82, 2.24) is 10.3 Å². The molecule has 112 valence electrons. The van der Waals surface area contributed by atoms with E-state index in [1.54, 1.807) is 6.07 Å². The van der Waals surface area contributed by atoms with Crippen molar-refractivity contribution in [3.63, 3.8) is 0 Å². The van der Waals surface area contributed by atoms with Crippen molar-refractivity contribution in [2.24, 2.45) is 0 Å². The molecule has 0 amide bonds. The Hall–Kier alpha value is -1.10. The molecule has 0 aliphatic carbocycles. The normalized spacial score (nSPS) is 10.9. The predicted molar refractivity (Wildman–Crippen MR) is 89.7 cm³/mol. The summed E-state index contributed by atoms with van der Waals surface area (Å²) in [5.41, 5.74) is 1.90. The molecular formula is C16H18BrClN2O. The van der Waals surface area contributed by atoms with E-state index >= 15 is 0 Å². The highest BCUT2D eigenvalue weighted by atomic mass is 79.9. The second kappa shape index (κ2) is 7.78. The molecule has 2 rings (SSSR count). The minimum absolute atomic E-state index is 0.384. The van der Waals surface area contributed by atoms with E-state index in [0.717, 1.165) is 15.7 Å². The van der Waals surface area contributed by atoms with Crippen molar-refractivity contribution in [2.45, 2.75) is 33.0 Å². The number of benzene rings is 1. The molecule has 0 aliphatic heterocycles. The van der Waals surface area contributed by atoms with Crippen LogP contribution in [0.25, 0.3) is 0 Å². The highest BCUT2D eigenvalue weighted by molar-refractivity contribution is 9.10. The van der Waals surface area contributed by atoms with Crippen LogP contribution in [0.3, 0.4) is 0 Å². The number of pyridine rings is 1. The van der Waals surface area contributed by atoms with Gasteiger partial charge in [0.1, 0.15) is 6.61 Å². The molecule has 1 heterocycles. The van der Waals surface area contributed by atoms with Gasteiger partial charge in [-0.05, 0) is 23.8 Å². The minimum Gasteiger partial charge on any atom is -0.473 e. The lowest BCUT2D eigenvalue weighted by Gasteiger charge is -2.11. The second-order valence-electron chi connectivity index (χ2n) is 5.03. The van der Waals surface area contributed by atoms with Gasteiger partial charge in [-0.2, -0.15) is 0 Å². The molecule has 0 saturated heterocycles. The Labute approximate surface area is 138 Å². The molecule has 21 heavy (non-hydrogen) atoms. The van der Waals surface area contributed by atoms with Crippen molar-refractivity contribution in [3.8, 4) is 5.88 Å². The maximum Gasteiger partial charge on any atom is 0.213 e. The highest BCUT2D eigenvalue weighted by Crippen LogP contribution is 2.19. The van der Waals surface area contributed by atoms with Crippen LogP contribution >= 0.6 is 27.5 Å². The molecule has 0 atom stereocenters. The first-order valence-corrected chi connectivity index (χ1v) is 7.98. The molecule has 3 nitrogen and oxygen atoms in total. The van der Waals surface area contributed by atoms with E-state index in [1.807, 2.05) is 30.3 Å². The smallest absolute Gasteiger partial charge is 0.213 e. The standard InChI is InChI=1S/C16H18BrClN2O/c1-11(2)19-9-15-14(18)7-8-16(20-15)21-10-12-3-5-13(17)6-4-12/h3-8,11,19H,9-10H2,1-2H3. The summed E-state index contributed by atoms with van der Waals surface area (Å²) in [4.78, 5) is 4.45. The third kappa shape index (κ3) is 5.30. The average molecular weight is 370 g/mol. The zero-order valence-corrected chi connectivity index (χ0v) is 14.4. The minimum atomic E-state index is 0.384. The number of ether oxygens (including phenoxy) is 1. The molecule has 0 fully saturated rings. The largest absolute Gasteiger partial charge is 0.473 e. The van der Waals surface area contributed by atoms with E-state index in [-0.39, 0.29) is 0 Å². The van der Waals surface area contributed by atoms with Crippen molar-refractivity contribution >= 4 is 27.5 Å². The van der Waals surface area contributed by atoms with Gasteiger partial charge in [-0.1, -0.05) is 53.5 Å². The number of halogens is 2. The number of hydrogen-bond acceptors (Lipinski definition) is 3. The molecule has 0 radical (unpaired) electrons. The van der Waals surface area contributed by atoms with Crippen LogP contribution in [0.5, 0.6) is 5.88 Å². The van der Waals surface area contributed by atoms with Gasteiger partial charge in [-0.25, -0.2) is 4.98 Å². The van der Waals surface area contributed by atoms with E-state index in [9.17, 15) is 0 Å². The molecule has 5 heteroatoms. The quantitative estimate of drug-likeness (QED) is 0.809. The fourth-order valence-electron chi connectivity index (χ4n) is 1.71.